The maximum Gasteiger partial charge on any atom is 0.274 e. The summed E-state index contributed by atoms with van der Waals surface area (Å²) >= 11 is 0. The topological polar surface area (TPSA) is 129 Å². The van der Waals surface area contributed by atoms with E-state index in [2.05, 4.69) is 46.2 Å². The van der Waals surface area contributed by atoms with Crippen molar-refractivity contribution in [1.29, 1.82) is 0 Å². The van der Waals surface area contributed by atoms with E-state index in [4.69, 9.17) is 0 Å². The first-order valence-corrected chi connectivity index (χ1v) is 3.82. The first kappa shape index (κ1) is 7.66. The molecule has 0 bridgehead atoms. The fourth-order valence-electron chi connectivity index (χ4n) is 0.961. The van der Waals surface area contributed by atoms with Crippen molar-refractivity contribution < 1.29 is 0 Å². The highest BCUT2D eigenvalue weighted by atomic mass is 15.6. The highest BCUT2D eigenvalue weighted by molar-refractivity contribution is 5.13. The van der Waals surface area contributed by atoms with Gasteiger partial charge in [0.2, 0.25) is 0 Å². The van der Waals surface area contributed by atoms with E-state index < -0.39 is 0 Å². The van der Waals surface area contributed by atoms with Gasteiger partial charge in [-0.05, 0) is 20.9 Å². The lowest BCUT2D eigenvalue weighted by Gasteiger charge is -1.88. The first-order valence-electron chi connectivity index (χ1n) is 3.82. The standard InChI is InChI=1S/C4H3N11/c1-5-10-12-14(1)3-7-4(9-8-3)15-2-6-11-13-15/h1-2H,(H,7,8,9). The van der Waals surface area contributed by atoms with Gasteiger partial charge in [0.05, 0.1) is 0 Å². The van der Waals surface area contributed by atoms with Crippen molar-refractivity contribution in [2.45, 2.75) is 0 Å². The monoisotopic (exact) mass is 205 g/mol. The number of hydrogen-bond acceptors (Lipinski definition) is 8. The van der Waals surface area contributed by atoms with Crippen molar-refractivity contribution in [3.63, 3.8) is 0 Å². The Kier molecular flexibility index (Phi) is 1.48. The van der Waals surface area contributed by atoms with E-state index in [9.17, 15) is 0 Å². The van der Waals surface area contributed by atoms with Crippen LogP contribution in [0.3, 0.4) is 0 Å². The molecule has 0 radical (unpaired) electrons. The van der Waals surface area contributed by atoms with E-state index in [1.165, 1.54) is 22.0 Å². The van der Waals surface area contributed by atoms with Crippen LogP contribution >= 0.6 is 0 Å². The van der Waals surface area contributed by atoms with E-state index in [-0.39, 0.29) is 0 Å². The summed E-state index contributed by atoms with van der Waals surface area (Å²) in [7, 11) is 0. The zero-order chi connectivity index (χ0) is 10.1. The number of tetrazole rings is 2. The Hall–Kier alpha value is -2.72. The summed E-state index contributed by atoms with van der Waals surface area (Å²) in [6.07, 6.45) is 2.77. The Morgan fingerprint density at radius 1 is 1.00 bits per heavy atom. The van der Waals surface area contributed by atoms with Crippen molar-refractivity contribution in [2.75, 3.05) is 0 Å². The van der Waals surface area contributed by atoms with Gasteiger partial charge in [-0.25, -0.2) is 5.10 Å². The van der Waals surface area contributed by atoms with Crippen LogP contribution in [0.2, 0.25) is 0 Å². The molecule has 15 heavy (non-hydrogen) atoms. The second-order valence-corrected chi connectivity index (χ2v) is 2.47. The summed E-state index contributed by atoms with van der Waals surface area (Å²) in [5.74, 6) is 0.691. The van der Waals surface area contributed by atoms with Crippen LogP contribution in [-0.2, 0) is 0 Å². The molecule has 0 spiro atoms. The second kappa shape index (κ2) is 2.90. The molecule has 74 valence electrons. The summed E-state index contributed by atoms with van der Waals surface area (Å²) < 4.78 is 2.64. The Bertz CT molecular complexity index is 482. The average molecular weight is 205 g/mol. The Balaban J connectivity index is 2.02. The van der Waals surface area contributed by atoms with E-state index in [1.54, 1.807) is 0 Å². The van der Waals surface area contributed by atoms with Gasteiger partial charge in [0.1, 0.15) is 12.7 Å². The molecule has 0 atom stereocenters. The van der Waals surface area contributed by atoms with Gasteiger partial charge in [-0.1, -0.05) is 0 Å². The fraction of sp³-hybridized carbons (Fsp3) is 0. The highest BCUT2D eigenvalue weighted by Crippen LogP contribution is 1.99. The van der Waals surface area contributed by atoms with E-state index >= 15 is 0 Å². The number of nitrogens with one attached hydrogen (secondary N) is 1. The third kappa shape index (κ3) is 1.21. The number of aromatic nitrogens is 11. The molecule has 0 fully saturated rings. The molecule has 11 heteroatoms. The van der Waals surface area contributed by atoms with Gasteiger partial charge in [0.25, 0.3) is 11.9 Å². The fourth-order valence-corrected chi connectivity index (χ4v) is 0.961. The quantitative estimate of drug-likeness (QED) is 0.497. The van der Waals surface area contributed by atoms with Crippen molar-refractivity contribution >= 4 is 0 Å². The molecule has 0 saturated carbocycles. The van der Waals surface area contributed by atoms with Crippen LogP contribution in [-0.4, -0.2) is 55.6 Å². The third-order valence-corrected chi connectivity index (χ3v) is 1.58. The molecule has 0 aliphatic heterocycles. The Morgan fingerprint density at radius 3 is 2.40 bits per heavy atom. The highest BCUT2D eigenvalue weighted by Gasteiger charge is 2.08. The van der Waals surface area contributed by atoms with Crippen LogP contribution in [0, 0.1) is 0 Å². The maximum atomic E-state index is 4.07. The van der Waals surface area contributed by atoms with Crippen LogP contribution in [0.4, 0.5) is 0 Å². The largest absolute Gasteiger partial charge is 0.274 e. The Morgan fingerprint density at radius 2 is 1.73 bits per heavy atom. The van der Waals surface area contributed by atoms with Gasteiger partial charge in [-0.2, -0.15) is 14.3 Å². The molecule has 0 aliphatic rings. The zero-order valence-electron chi connectivity index (χ0n) is 7.13. The van der Waals surface area contributed by atoms with Gasteiger partial charge < -0.3 is 0 Å². The SMILES string of the molecule is c1nnnn1-c1n[nH]c(-n2cnnn2)n1. The summed E-state index contributed by atoms with van der Waals surface area (Å²) in [6.45, 7) is 0. The van der Waals surface area contributed by atoms with Crippen LogP contribution < -0.4 is 0 Å². The van der Waals surface area contributed by atoms with Crippen LogP contribution in [0.5, 0.6) is 0 Å². The predicted octanol–water partition coefficient (Wildman–Crippen LogP) is -2.24. The predicted molar refractivity (Wildman–Crippen MR) is 41.8 cm³/mol. The van der Waals surface area contributed by atoms with Crippen molar-refractivity contribution in [1.82, 2.24) is 55.6 Å². The van der Waals surface area contributed by atoms with Crippen molar-refractivity contribution in [3.8, 4) is 11.9 Å². The minimum atomic E-state index is 0.311. The number of H-pyrrole nitrogens is 1. The normalized spacial score (nSPS) is 10.7. The number of nitrogens with zero attached hydrogens (tertiary/aromatic N) is 10. The van der Waals surface area contributed by atoms with Gasteiger partial charge in [-0.3, -0.25) is 0 Å². The molecule has 11 nitrogen and oxygen atoms in total. The molecule has 0 unspecified atom stereocenters. The molecular weight excluding hydrogens is 202 g/mol. The van der Waals surface area contributed by atoms with Crippen LogP contribution in [0.25, 0.3) is 11.9 Å². The molecular formula is C4H3N11. The van der Waals surface area contributed by atoms with Gasteiger partial charge in [-0.15, -0.1) is 15.3 Å². The van der Waals surface area contributed by atoms with Gasteiger partial charge >= 0.3 is 0 Å². The minimum Gasteiger partial charge on any atom is -0.241 e. The van der Waals surface area contributed by atoms with E-state index in [1.807, 2.05) is 0 Å². The summed E-state index contributed by atoms with van der Waals surface area (Å²) in [5.41, 5.74) is 0. The molecule has 1 N–H and O–H groups in total. The molecule has 3 rings (SSSR count). The molecule has 3 aromatic heterocycles. The first-order chi connectivity index (χ1) is 7.43. The number of aromatic amines is 1. The van der Waals surface area contributed by atoms with Crippen molar-refractivity contribution in [3.05, 3.63) is 12.7 Å². The summed E-state index contributed by atoms with van der Waals surface area (Å²) in [4.78, 5) is 4.07. The lowest BCUT2D eigenvalue weighted by atomic mass is 10.9. The van der Waals surface area contributed by atoms with Crippen LogP contribution in [0.1, 0.15) is 0 Å². The molecule has 0 saturated heterocycles. The minimum absolute atomic E-state index is 0.311. The lowest BCUT2D eigenvalue weighted by molar-refractivity contribution is 0.744. The Labute approximate surface area is 81.1 Å². The second-order valence-electron chi connectivity index (χ2n) is 2.47. The van der Waals surface area contributed by atoms with Gasteiger partial charge in [0.15, 0.2) is 0 Å². The van der Waals surface area contributed by atoms with E-state index in [0.29, 0.717) is 11.9 Å². The molecule has 3 aromatic rings. The smallest absolute Gasteiger partial charge is 0.241 e. The number of hydrogen-bond donors (Lipinski definition) is 1. The van der Waals surface area contributed by atoms with E-state index in [0.717, 1.165) is 0 Å². The molecule has 3 heterocycles. The van der Waals surface area contributed by atoms with Crippen LogP contribution in [0.15, 0.2) is 12.7 Å². The maximum absolute atomic E-state index is 4.07. The number of rotatable bonds is 2. The third-order valence-electron chi connectivity index (χ3n) is 1.58. The van der Waals surface area contributed by atoms with Gasteiger partial charge in [0, 0.05) is 0 Å². The molecule has 0 aromatic carbocycles. The molecule has 0 aliphatic carbocycles. The summed E-state index contributed by atoms with van der Waals surface area (Å²) in [6, 6.07) is 0. The zero-order valence-corrected chi connectivity index (χ0v) is 7.13. The van der Waals surface area contributed by atoms with Crippen molar-refractivity contribution in [2.24, 2.45) is 0 Å². The lowest BCUT2D eigenvalue weighted by Crippen LogP contribution is -1.99. The molecule has 0 amide bonds. The average Bonchev–Trinajstić information content (AvgIpc) is 3.02. The summed E-state index contributed by atoms with van der Waals surface area (Å²) in [5, 5.41) is 27.7.